The maximum absolute atomic E-state index is 11.4. The van der Waals surface area contributed by atoms with Crippen LogP contribution in [0.25, 0.3) is 0 Å². The molecule has 10 heteroatoms. The van der Waals surface area contributed by atoms with E-state index in [1.165, 1.54) is 0 Å². The maximum atomic E-state index is 11.4. The minimum atomic E-state index is -5.09. The third-order valence-electron chi connectivity index (χ3n) is 0.470. The van der Waals surface area contributed by atoms with Crippen LogP contribution in [0.1, 0.15) is 0 Å². The maximum Gasteiger partial charge on any atom is 0.461 e. The van der Waals surface area contributed by atoms with Gasteiger partial charge in [0.15, 0.2) is 0 Å². The summed E-state index contributed by atoms with van der Waals surface area (Å²) in [6.45, 7) is 0. The van der Waals surface area contributed by atoms with Crippen molar-refractivity contribution in [1.82, 2.24) is 0 Å². The van der Waals surface area contributed by atoms with Crippen LogP contribution in [0.4, 0.5) is 26.3 Å². The summed E-state index contributed by atoms with van der Waals surface area (Å²) >= 11 is 0. The van der Waals surface area contributed by atoms with Crippen LogP contribution in [-0.4, -0.2) is 16.8 Å². The summed E-state index contributed by atoms with van der Waals surface area (Å²) in [6, 6.07) is 0. The highest BCUT2D eigenvalue weighted by Crippen LogP contribution is 2.47. The van der Waals surface area contributed by atoms with E-state index >= 15 is 0 Å². The van der Waals surface area contributed by atoms with Gasteiger partial charge in [0.1, 0.15) is 0 Å². The minimum Gasteiger partial charge on any atom is -0.276 e. The van der Waals surface area contributed by atoms with Gasteiger partial charge in [0.2, 0.25) is 0 Å². The van der Waals surface area contributed by atoms with E-state index in [1.54, 1.807) is 0 Å². The van der Waals surface area contributed by atoms with Crippen molar-refractivity contribution in [1.29, 1.82) is 0 Å². The first-order valence-corrected chi connectivity index (χ1v) is 5.81. The Hall–Kier alpha value is 0.300. The predicted molar refractivity (Wildman–Crippen MR) is 39.9 cm³/mol. The van der Waals surface area contributed by atoms with Gasteiger partial charge in [-0.15, -0.1) is 0 Å². The lowest BCUT2D eigenvalue weighted by Gasteiger charge is -2.04. The Morgan fingerprint density at radius 1 is 1.00 bits per heavy atom. The lowest BCUT2D eigenvalue weighted by molar-refractivity contribution is -0.160. The van der Waals surface area contributed by atoms with Crippen LogP contribution in [0.3, 0.4) is 0 Å². The third-order valence-corrected chi connectivity index (χ3v) is 3.83. The van der Waals surface area contributed by atoms with Gasteiger partial charge in [-0.2, -0.15) is 26.3 Å². The van der Waals surface area contributed by atoms with Crippen LogP contribution in [-0.2, 0) is 4.79 Å². The number of halogens is 6. The molecule has 0 aromatic carbocycles. The van der Waals surface area contributed by atoms with Crippen molar-refractivity contribution in [2.75, 3.05) is 0 Å². The number of hydrogen-bond acceptors (Lipinski definition) is 4. The molecule has 0 aromatic rings. The highest BCUT2D eigenvalue weighted by Gasteiger charge is 2.40. The van der Waals surface area contributed by atoms with Crippen LogP contribution in [0, 0.1) is 0 Å². The van der Waals surface area contributed by atoms with Gasteiger partial charge in [-0.05, 0) is 9.83 Å². The molecule has 0 atom stereocenters. The van der Waals surface area contributed by atoms with E-state index < -0.39 is 38.4 Å². The van der Waals surface area contributed by atoms with E-state index in [4.69, 9.17) is 0 Å². The average molecular weight is 262 g/mol. The molecule has 0 aromatic heterocycles. The fraction of sp³-hybridized carbons (Fsp3) is 0.667. The topological polar surface area (TPSA) is 17.1 Å². The standard InChI is InChI=1S/C3F6OS3/c4-2(5,6)1(10)11-13-12-3(7,8)9. The second-order valence-corrected chi connectivity index (χ2v) is 5.40. The van der Waals surface area contributed by atoms with Crippen molar-refractivity contribution in [3.63, 3.8) is 0 Å². The highest BCUT2D eigenvalue weighted by molar-refractivity contribution is 9.12. The molecule has 1 nitrogen and oxygen atoms in total. The molecule has 0 aliphatic heterocycles. The largest absolute Gasteiger partial charge is 0.461 e. The lowest BCUT2D eigenvalue weighted by Crippen LogP contribution is -2.17. The van der Waals surface area contributed by atoms with E-state index in [2.05, 4.69) is 0 Å². The summed E-state index contributed by atoms with van der Waals surface area (Å²) in [5, 5.41) is -2.26. The summed E-state index contributed by atoms with van der Waals surface area (Å²) in [5.74, 6) is 0. The van der Waals surface area contributed by atoms with Gasteiger partial charge in [-0.1, -0.05) is 0 Å². The molecule has 0 aliphatic rings. The molecule has 0 heterocycles. The Bertz CT molecular complexity index is 185. The van der Waals surface area contributed by atoms with Crippen molar-refractivity contribution in [3.05, 3.63) is 0 Å². The molecular weight excluding hydrogens is 262 g/mol. The highest BCUT2D eigenvalue weighted by atomic mass is 33.5. The molecule has 0 amide bonds. The number of alkyl halides is 6. The molecule has 0 N–H and O–H groups in total. The van der Waals surface area contributed by atoms with E-state index in [1.807, 2.05) is 0 Å². The zero-order valence-electron chi connectivity index (χ0n) is 5.40. The molecule has 0 spiro atoms. The Kier molecular flexibility index (Phi) is 4.80. The number of hydrogen-bond donors (Lipinski definition) is 0. The van der Waals surface area contributed by atoms with Crippen molar-refractivity contribution in [3.8, 4) is 0 Å². The molecule has 0 aliphatic carbocycles. The summed E-state index contributed by atoms with van der Waals surface area (Å²) in [7, 11) is -1.52. The molecule has 0 saturated heterocycles. The van der Waals surface area contributed by atoms with Crippen LogP contribution >= 0.6 is 31.4 Å². The van der Waals surface area contributed by atoms with Gasteiger partial charge in [-0.25, -0.2) is 0 Å². The number of carbonyl (C=O) groups excluding carboxylic acids is 1. The van der Waals surface area contributed by atoms with Crippen molar-refractivity contribution >= 4 is 36.5 Å². The molecule has 0 rings (SSSR count). The molecule has 0 radical (unpaired) electrons. The first-order valence-electron chi connectivity index (χ1n) is 2.33. The second-order valence-electron chi connectivity index (χ2n) is 1.47. The zero-order chi connectivity index (χ0) is 10.7. The zero-order valence-corrected chi connectivity index (χ0v) is 7.85. The Balaban J connectivity index is 3.74. The molecule has 0 unspecified atom stereocenters. The average Bonchev–Trinajstić information content (AvgIpc) is 1.82. The van der Waals surface area contributed by atoms with Crippen LogP contribution < -0.4 is 0 Å². The van der Waals surface area contributed by atoms with Gasteiger partial charge in [0, 0.05) is 21.6 Å². The number of carbonyl (C=O) groups is 1. The van der Waals surface area contributed by atoms with Gasteiger partial charge in [-0.3, -0.25) is 4.79 Å². The molecule has 0 saturated carbocycles. The fourth-order valence-electron chi connectivity index (χ4n) is 0.134. The van der Waals surface area contributed by atoms with Gasteiger partial charge >= 0.3 is 16.8 Å². The first-order chi connectivity index (χ1) is 5.63. The second kappa shape index (κ2) is 4.69. The number of rotatable bonds is 2. The van der Waals surface area contributed by atoms with E-state index in [0.717, 1.165) is 0 Å². The Labute approximate surface area is 79.8 Å². The van der Waals surface area contributed by atoms with Crippen LogP contribution in [0.2, 0.25) is 0 Å². The third kappa shape index (κ3) is 7.38. The van der Waals surface area contributed by atoms with E-state index in [0.29, 0.717) is 0 Å². The monoisotopic (exact) mass is 262 g/mol. The normalized spacial score (nSPS) is 13.1. The minimum absolute atomic E-state index is 0.266. The van der Waals surface area contributed by atoms with Crippen molar-refractivity contribution in [2.24, 2.45) is 0 Å². The summed E-state index contributed by atoms with van der Waals surface area (Å²) in [5.41, 5.74) is -4.65. The van der Waals surface area contributed by atoms with E-state index in [9.17, 15) is 31.1 Å². The van der Waals surface area contributed by atoms with Gasteiger partial charge in [0.05, 0.1) is 0 Å². The fourth-order valence-corrected chi connectivity index (χ4v) is 2.76. The predicted octanol–water partition coefficient (Wildman–Crippen LogP) is 3.62. The quantitative estimate of drug-likeness (QED) is 0.558. The van der Waals surface area contributed by atoms with Gasteiger partial charge in [0.25, 0.3) is 0 Å². The molecular formula is C3F6OS3. The van der Waals surface area contributed by atoms with Gasteiger partial charge < -0.3 is 0 Å². The summed E-state index contributed by atoms with van der Waals surface area (Å²) in [4.78, 5) is 9.99. The molecule has 13 heavy (non-hydrogen) atoms. The molecule has 78 valence electrons. The smallest absolute Gasteiger partial charge is 0.276 e. The summed E-state index contributed by atoms with van der Waals surface area (Å²) in [6.07, 6.45) is -5.09. The summed E-state index contributed by atoms with van der Waals surface area (Å²) < 4.78 is 68.2. The molecule has 0 fully saturated rings. The van der Waals surface area contributed by atoms with Crippen LogP contribution in [0.5, 0.6) is 0 Å². The lowest BCUT2D eigenvalue weighted by atomic mass is 10.8. The van der Waals surface area contributed by atoms with E-state index in [-0.39, 0.29) is 9.83 Å². The Morgan fingerprint density at radius 2 is 1.46 bits per heavy atom. The van der Waals surface area contributed by atoms with Crippen molar-refractivity contribution < 1.29 is 31.1 Å². The molecule has 0 bridgehead atoms. The first kappa shape index (κ1) is 13.3. The Morgan fingerprint density at radius 3 is 1.77 bits per heavy atom. The van der Waals surface area contributed by atoms with Crippen molar-refractivity contribution in [2.45, 2.75) is 11.7 Å². The SMILES string of the molecule is O=C(SSSC(F)(F)F)C(F)(F)F. The van der Waals surface area contributed by atoms with Crippen LogP contribution in [0.15, 0.2) is 0 Å².